The number of rotatable bonds is 3. The number of nitrogens with two attached hydrogens (primary N) is 1. The summed E-state index contributed by atoms with van der Waals surface area (Å²) in [5.41, 5.74) is 7.24. The van der Waals surface area contributed by atoms with Crippen molar-refractivity contribution in [2.75, 3.05) is 24.2 Å². The van der Waals surface area contributed by atoms with Crippen LogP contribution < -0.4 is 11.1 Å². The van der Waals surface area contributed by atoms with Crippen molar-refractivity contribution in [3.63, 3.8) is 0 Å². The number of halogens is 1. The summed E-state index contributed by atoms with van der Waals surface area (Å²) < 4.78 is 5.63. The average molecular weight is 241 g/mol. The highest BCUT2D eigenvalue weighted by Crippen LogP contribution is 2.24. The van der Waals surface area contributed by atoms with Crippen molar-refractivity contribution in [3.05, 3.63) is 23.2 Å². The second-order valence-corrected chi connectivity index (χ2v) is 4.52. The Hall–Kier alpha value is -0.930. The highest BCUT2D eigenvalue weighted by molar-refractivity contribution is 6.33. The number of benzene rings is 1. The summed E-state index contributed by atoms with van der Waals surface area (Å²) >= 11 is 6.06. The third-order valence-corrected chi connectivity index (χ3v) is 3.10. The summed E-state index contributed by atoms with van der Waals surface area (Å²) in [6.07, 6.45) is 3.86. The van der Waals surface area contributed by atoms with Crippen LogP contribution in [0, 0.1) is 0 Å². The van der Waals surface area contributed by atoms with Gasteiger partial charge in [0.05, 0.1) is 16.8 Å². The maximum absolute atomic E-state index is 6.06. The first-order valence-corrected chi connectivity index (χ1v) is 6.04. The zero-order valence-corrected chi connectivity index (χ0v) is 9.96. The molecular formula is C12H17ClN2O. The van der Waals surface area contributed by atoms with E-state index in [1.165, 1.54) is 12.8 Å². The van der Waals surface area contributed by atoms with Gasteiger partial charge in [0, 0.05) is 18.8 Å². The van der Waals surface area contributed by atoms with E-state index >= 15 is 0 Å². The smallest absolute Gasteiger partial charge is 0.0747 e. The Morgan fingerprint density at radius 3 is 3.00 bits per heavy atom. The largest absolute Gasteiger partial charge is 0.399 e. The number of anilines is 2. The molecule has 0 saturated carbocycles. The molecule has 0 spiro atoms. The van der Waals surface area contributed by atoms with E-state index in [0.717, 1.165) is 25.3 Å². The predicted molar refractivity (Wildman–Crippen MR) is 67.9 cm³/mol. The van der Waals surface area contributed by atoms with Gasteiger partial charge in [0.1, 0.15) is 0 Å². The first kappa shape index (κ1) is 11.6. The number of hydrogen-bond donors (Lipinski definition) is 2. The molecule has 1 heterocycles. The van der Waals surface area contributed by atoms with Gasteiger partial charge >= 0.3 is 0 Å². The van der Waals surface area contributed by atoms with E-state index in [1.807, 2.05) is 12.1 Å². The van der Waals surface area contributed by atoms with Gasteiger partial charge in [0.15, 0.2) is 0 Å². The van der Waals surface area contributed by atoms with Crippen LogP contribution in [-0.4, -0.2) is 19.3 Å². The Morgan fingerprint density at radius 1 is 1.44 bits per heavy atom. The molecule has 3 nitrogen and oxygen atoms in total. The van der Waals surface area contributed by atoms with Crippen LogP contribution in [0.15, 0.2) is 18.2 Å². The van der Waals surface area contributed by atoms with Crippen molar-refractivity contribution in [2.24, 2.45) is 0 Å². The number of nitrogen functional groups attached to an aromatic ring is 1. The maximum Gasteiger partial charge on any atom is 0.0747 e. The number of nitrogens with one attached hydrogen (secondary N) is 1. The van der Waals surface area contributed by atoms with Gasteiger partial charge in [-0.25, -0.2) is 0 Å². The Morgan fingerprint density at radius 2 is 2.31 bits per heavy atom. The molecule has 3 N–H and O–H groups in total. The summed E-state index contributed by atoms with van der Waals surface area (Å²) in [4.78, 5) is 0. The van der Waals surface area contributed by atoms with E-state index in [-0.39, 0.29) is 0 Å². The Balaban J connectivity index is 1.88. The van der Waals surface area contributed by atoms with Crippen molar-refractivity contribution in [1.29, 1.82) is 0 Å². The lowest BCUT2D eigenvalue weighted by molar-refractivity contribution is 0.0247. The van der Waals surface area contributed by atoms with Gasteiger partial charge in [-0.2, -0.15) is 0 Å². The SMILES string of the molecule is Nc1ccc(NCC2CCCCO2)c(Cl)c1. The molecule has 1 aromatic rings. The second-order valence-electron chi connectivity index (χ2n) is 4.11. The summed E-state index contributed by atoms with van der Waals surface area (Å²) in [5, 5.41) is 3.96. The van der Waals surface area contributed by atoms with Gasteiger partial charge < -0.3 is 15.8 Å². The van der Waals surface area contributed by atoms with E-state index < -0.39 is 0 Å². The number of ether oxygens (including phenoxy) is 1. The fourth-order valence-corrected chi connectivity index (χ4v) is 2.12. The first-order valence-electron chi connectivity index (χ1n) is 5.66. The fourth-order valence-electron chi connectivity index (χ4n) is 1.87. The van der Waals surface area contributed by atoms with E-state index in [0.29, 0.717) is 16.8 Å². The molecule has 1 unspecified atom stereocenters. The third-order valence-electron chi connectivity index (χ3n) is 2.79. The molecule has 1 aliphatic rings. The minimum Gasteiger partial charge on any atom is -0.399 e. The van der Waals surface area contributed by atoms with E-state index in [4.69, 9.17) is 22.1 Å². The molecule has 0 aliphatic carbocycles. The average Bonchev–Trinajstić information content (AvgIpc) is 2.29. The molecular weight excluding hydrogens is 224 g/mol. The minimum absolute atomic E-state index is 0.308. The molecule has 2 rings (SSSR count). The van der Waals surface area contributed by atoms with E-state index in [9.17, 15) is 0 Å². The molecule has 0 radical (unpaired) electrons. The lowest BCUT2D eigenvalue weighted by Gasteiger charge is -2.23. The summed E-state index contributed by atoms with van der Waals surface area (Å²) in [6.45, 7) is 1.69. The second kappa shape index (κ2) is 5.41. The van der Waals surface area contributed by atoms with Gasteiger partial charge in [-0.3, -0.25) is 0 Å². The van der Waals surface area contributed by atoms with Crippen LogP contribution in [-0.2, 0) is 4.74 Å². The van der Waals surface area contributed by atoms with Crippen LogP contribution in [0.2, 0.25) is 5.02 Å². The zero-order chi connectivity index (χ0) is 11.4. The van der Waals surface area contributed by atoms with Gasteiger partial charge in [0.25, 0.3) is 0 Å². The highest BCUT2D eigenvalue weighted by atomic mass is 35.5. The van der Waals surface area contributed by atoms with Crippen LogP contribution in [0.1, 0.15) is 19.3 Å². The van der Waals surface area contributed by atoms with Gasteiger partial charge in [-0.05, 0) is 37.5 Å². The third kappa shape index (κ3) is 3.03. The van der Waals surface area contributed by atoms with Gasteiger partial charge in [-0.15, -0.1) is 0 Å². The Bertz CT molecular complexity index is 351. The molecule has 1 aliphatic heterocycles. The van der Waals surface area contributed by atoms with Crippen LogP contribution in [0.3, 0.4) is 0 Å². The van der Waals surface area contributed by atoms with Crippen LogP contribution >= 0.6 is 11.6 Å². The number of hydrogen-bond acceptors (Lipinski definition) is 3. The summed E-state index contributed by atoms with van der Waals surface area (Å²) in [7, 11) is 0. The van der Waals surface area contributed by atoms with Gasteiger partial charge in [-0.1, -0.05) is 11.6 Å². The Labute approximate surface area is 101 Å². The quantitative estimate of drug-likeness (QED) is 0.799. The maximum atomic E-state index is 6.06. The zero-order valence-electron chi connectivity index (χ0n) is 9.21. The molecule has 0 bridgehead atoms. The molecule has 1 saturated heterocycles. The van der Waals surface area contributed by atoms with Crippen molar-refractivity contribution in [2.45, 2.75) is 25.4 Å². The summed E-state index contributed by atoms with van der Waals surface area (Å²) in [6, 6.07) is 5.50. The molecule has 1 fully saturated rings. The highest BCUT2D eigenvalue weighted by Gasteiger charge is 2.13. The molecule has 4 heteroatoms. The molecule has 0 amide bonds. The lowest BCUT2D eigenvalue weighted by atomic mass is 10.1. The monoisotopic (exact) mass is 240 g/mol. The van der Waals surface area contributed by atoms with Crippen LogP contribution in [0.4, 0.5) is 11.4 Å². The normalized spacial score (nSPS) is 20.7. The van der Waals surface area contributed by atoms with E-state index in [2.05, 4.69) is 5.32 Å². The topological polar surface area (TPSA) is 47.3 Å². The van der Waals surface area contributed by atoms with Crippen molar-refractivity contribution < 1.29 is 4.74 Å². The molecule has 16 heavy (non-hydrogen) atoms. The Kier molecular flexibility index (Phi) is 3.91. The molecule has 88 valence electrons. The van der Waals surface area contributed by atoms with Crippen LogP contribution in [0.5, 0.6) is 0 Å². The van der Waals surface area contributed by atoms with E-state index in [1.54, 1.807) is 6.07 Å². The molecule has 0 aromatic heterocycles. The molecule has 1 aromatic carbocycles. The molecule has 1 atom stereocenters. The lowest BCUT2D eigenvalue weighted by Crippen LogP contribution is -2.27. The predicted octanol–water partition coefficient (Wildman–Crippen LogP) is 2.90. The first-order chi connectivity index (χ1) is 7.75. The van der Waals surface area contributed by atoms with Crippen molar-refractivity contribution in [1.82, 2.24) is 0 Å². The summed E-state index contributed by atoms with van der Waals surface area (Å²) in [5.74, 6) is 0. The fraction of sp³-hybridized carbons (Fsp3) is 0.500. The van der Waals surface area contributed by atoms with Crippen molar-refractivity contribution >= 4 is 23.0 Å². The minimum atomic E-state index is 0.308. The standard InChI is InChI=1S/C12H17ClN2O/c13-11-7-9(14)4-5-12(11)15-8-10-3-1-2-6-16-10/h4-5,7,10,15H,1-3,6,8,14H2. The van der Waals surface area contributed by atoms with Gasteiger partial charge in [0.2, 0.25) is 0 Å². The van der Waals surface area contributed by atoms with Crippen molar-refractivity contribution in [3.8, 4) is 0 Å². The van der Waals surface area contributed by atoms with Crippen LogP contribution in [0.25, 0.3) is 0 Å².